The van der Waals surface area contributed by atoms with Gasteiger partial charge in [0.1, 0.15) is 0 Å². The molecule has 70 valence electrons. The Kier molecular flexibility index (Phi) is 2.02. The van der Waals surface area contributed by atoms with Crippen molar-refractivity contribution in [3.63, 3.8) is 0 Å². The highest BCUT2D eigenvalue weighted by Crippen LogP contribution is 2.02. The van der Waals surface area contributed by atoms with E-state index < -0.39 is 0 Å². The average molecular weight is 187 g/mol. The molecule has 0 spiro atoms. The summed E-state index contributed by atoms with van der Waals surface area (Å²) in [6.45, 7) is 0. The molecular weight excluding hydrogens is 178 g/mol. The van der Waals surface area contributed by atoms with Crippen LogP contribution in [-0.4, -0.2) is 9.78 Å². The number of nitrogens with two attached hydrogens (primary N) is 1. The van der Waals surface area contributed by atoms with E-state index in [0.717, 1.165) is 5.69 Å². The van der Waals surface area contributed by atoms with Crippen LogP contribution in [0.2, 0.25) is 0 Å². The molecule has 0 fully saturated rings. The number of nitrogens with zero attached hydrogens (tertiary/aromatic N) is 2. The predicted octanol–water partition coefficient (Wildman–Crippen LogP) is 0.815. The first kappa shape index (κ1) is 8.50. The van der Waals surface area contributed by atoms with Gasteiger partial charge in [-0.3, -0.25) is 4.79 Å². The van der Waals surface area contributed by atoms with Crippen molar-refractivity contribution < 1.29 is 0 Å². The standard InChI is InChI=1S/C10H9N3O/c11-8-6-10(14)13(12-7-8)9-4-2-1-3-5-9/h1-7H,11H2. The van der Waals surface area contributed by atoms with Gasteiger partial charge in [-0.1, -0.05) is 18.2 Å². The number of rotatable bonds is 1. The van der Waals surface area contributed by atoms with Crippen LogP contribution in [0.15, 0.2) is 47.4 Å². The zero-order chi connectivity index (χ0) is 9.97. The minimum Gasteiger partial charge on any atom is -0.397 e. The van der Waals surface area contributed by atoms with Crippen molar-refractivity contribution in [2.45, 2.75) is 0 Å². The fourth-order valence-electron chi connectivity index (χ4n) is 1.19. The number of para-hydroxylation sites is 1. The van der Waals surface area contributed by atoms with Gasteiger partial charge in [-0.15, -0.1) is 0 Å². The molecule has 4 nitrogen and oxygen atoms in total. The quantitative estimate of drug-likeness (QED) is 0.718. The maximum atomic E-state index is 11.5. The first-order valence-electron chi connectivity index (χ1n) is 4.17. The van der Waals surface area contributed by atoms with Crippen molar-refractivity contribution in [1.29, 1.82) is 0 Å². The molecule has 0 saturated heterocycles. The maximum absolute atomic E-state index is 11.5. The minimum atomic E-state index is -0.226. The van der Waals surface area contributed by atoms with E-state index in [-0.39, 0.29) is 5.56 Å². The average Bonchev–Trinajstić information content (AvgIpc) is 2.19. The number of benzene rings is 1. The van der Waals surface area contributed by atoms with Crippen molar-refractivity contribution in [2.75, 3.05) is 5.73 Å². The molecule has 2 N–H and O–H groups in total. The van der Waals surface area contributed by atoms with Crippen molar-refractivity contribution in [3.05, 3.63) is 52.9 Å². The summed E-state index contributed by atoms with van der Waals surface area (Å²) in [6.07, 6.45) is 1.45. The van der Waals surface area contributed by atoms with Crippen molar-refractivity contribution in [2.24, 2.45) is 0 Å². The molecule has 0 radical (unpaired) electrons. The SMILES string of the molecule is Nc1cnn(-c2ccccc2)c(=O)c1. The van der Waals surface area contributed by atoms with E-state index in [0.29, 0.717) is 5.69 Å². The molecule has 0 unspecified atom stereocenters. The van der Waals surface area contributed by atoms with Crippen LogP contribution in [0.5, 0.6) is 0 Å². The van der Waals surface area contributed by atoms with E-state index in [9.17, 15) is 4.79 Å². The summed E-state index contributed by atoms with van der Waals surface area (Å²) >= 11 is 0. The zero-order valence-corrected chi connectivity index (χ0v) is 7.42. The van der Waals surface area contributed by atoms with Crippen LogP contribution in [0.3, 0.4) is 0 Å². The molecule has 1 heterocycles. The number of anilines is 1. The van der Waals surface area contributed by atoms with Gasteiger partial charge in [-0.2, -0.15) is 9.78 Å². The molecule has 2 rings (SSSR count). The van der Waals surface area contributed by atoms with Crippen molar-refractivity contribution in [3.8, 4) is 5.69 Å². The third-order valence-electron chi connectivity index (χ3n) is 1.82. The number of hydrogen-bond donors (Lipinski definition) is 1. The second-order valence-corrected chi connectivity index (χ2v) is 2.87. The van der Waals surface area contributed by atoms with E-state index in [1.807, 2.05) is 30.3 Å². The Labute approximate surface area is 80.6 Å². The molecule has 14 heavy (non-hydrogen) atoms. The van der Waals surface area contributed by atoms with Gasteiger partial charge in [0.2, 0.25) is 0 Å². The Balaban J connectivity index is 2.59. The van der Waals surface area contributed by atoms with Gasteiger partial charge >= 0.3 is 0 Å². The lowest BCUT2D eigenvalue weighted by Crippen LogP contribution is -2.20. The van der Waals surface area contributed by atoms with E-state index in [1.54, 1.807) is 0 Å². The van der Waals surface area contributed by atoms with Crippen LogP contribution in [0.1, 0.15) is 0 Å². The normalized spacial score (nSPS) is 10.0. The molecule has 0 aliphatic carbocycles. The first-order chi connectivity index (χ1) is 6.77. The highest BCUT2D eigenvalue weighted by Gasteiger charge is 1.99. The number of hydrogen-bond acceptors (Lipinski definition) is 3. The molecule has 0 aliphatic heterocycles. The largest absolute Gasteiger partial charge is 0.397 e. The number of aromatic nitrogens is 2. The Hall–Kier alpha value is -2.10. The summed E-state index contributed by atoms with van der Waals surface area (Å²) in [5, 5.41) is 3.93. The predicted molar refractivity (Wildman–Crippen MR) is 54.2 cm³/mol. The zero-order valence-electron chi connectivity index (χ0n) is 7.42. The Morgan fingerprint density at radius 1 is 1.21 bits per heavy atom. The summed E-state index contributed by atoms with van der Waals surface area (Å²) < 4.78 is 1.30. The smallest absolute Gasteiger partial charge is 0.273 e. The molecule has 4 heteroatoms. The summed E-state index contributed by atoms with van der Waals surface area (Å²) in [5.74, 6) is 0. The highest BCUT2D eigenvalue weighted by atomic mass is 16.1. The van der Waals surface area contributed by atoms with Crippen LogP contribution >= 0.6 is 0 Å². The lowest BCUT2D eigenvalue weighted by Gasteiger charge is -2.02. The summed E-state index contributed by atoms with van der Waals surface area (Å²) in [5.41, 5.74) is 6.31. The van der Waals surface area contributed by atoms with Crippen LogP contribution in [-0.2, 0) is 0 Å². The first-order valence-corrected chi connectivity index (χ1v) is 4.17. The van der Waals surface area contributed by atoms with Crippen molar-refractivity contribution in [1.82, 2.24) is 9.78 Å². The topological polar surface area (TPSA) is 60.9 Å². The summed E-state index contributed by atoms with van der Waals surface area (Å²) in [4.78, 5) is 11.5. The lowest BCUT2D eigenvalue weighted by atomic mass is 10.3. The van der Waals surface area contributed by atoms with Crippen LogP contribution in [0, 0.1) is 0 Å². The van der Waals surface area contributed by atoms with E-state index >= 15 is 0 Å². The Bertz CT molecular complexity index is 490. The van der Waals surface area contributed by atoms with Gasteiger partial charge in [0, 0.05) is 6.07 Å². The number of nitrogen functional groups attached to an aromatic ring is 1. The molecule has 0 saturated carbocycles. The summed E-state index contributed by atoms with van der Waals surface area (Å²) in [6, 6.07) is 10.5. The monoisotopic (exact) mass is 187 g/mol. The van der Waals surface area contributed by atoms with E-state index in [1.165, 1.54) is 16.9 Å². The molecular formula is C10H9N3O. The molecule has 2 aromatic rings. The summed E-state index contributed by atoms with van der Waals surface area (Å²) in [7, 11) is 0. The van der Waals surface area contributed by atoms with Gasteiger partial charge in [-0.25, -0.2) is 0 Å². The third-order valence-corrected chi connectivity index (χ3v) is 1.82. The molecule has 0 amide bonds. The van der Waals surface area contributed by atoms with Gasteiger partial charge in [0.15, 0.2) is 0 Å². The molecule has 0 atom stereocenters. The molecule has 0 bridgehead atoms. The van der Waals surface area contributed by atoms with Crippen molar-refractivity contribution >= 4 is 5.69 Å². The molecule has 0 aliphatic rings. The van der Waals surface area contributed by atoms with E-state index in [2.05, 4.69) is 5.10 Å². The van der Waals surface area contributed by atoms with Crippen LogP contribution < -0.4 is 11.3 Å². The Morgan fingerprint density at radius 2 is 1.93 bits per heavy atom. The second-order valence-electron chi connectivity index (χ2n) is 2.87. The fraction of sp³-hybridized carbons (Fsp3) is 0. The molecule has 1 aromatic carbocycles. The second kappa shape index (κ2) is 3.33. The van der Waals surface area contributed by atoms with Crippen LogP contribution in [0.4, 0.5) is 5.69 Å². The van der Waals surface area contributed by atoms with Gasteiger partial charge in [0.05, 0.1) is 17.6 Å². The van der Waals surface area contributed by atoms with Gasteiger partial charge in [0.25, 0.3) is 5.56 Å². The minimum absolute atomic E-state index is 0.226. The van der Waals surface area contributed by atoms with E-state index in [4.69, 9.17) is 5.73 Å². The lowest BCUT2D eigenvalue weighted by molar-refractivity contribution is 0.809. The highest BCUT2D eigenvalue weighted by molar-refractivity contribution is 5.35. The van der Waals surface area contributed by atoms with Gasteiger partial charge < -0.3 is 5.73 Å². The fourth-order valence-corrected chi connectivity index (χ4v) is 1.19. The van der Waals surface area contributed by atoms with Crippen LogP contribution in [0.25, 0.3) is 5.69 Å². The Morgan fingerprint density at radius 3 is 2.57 bits per heavy atom. The van der Waals surface area contributed by atoms with Gasteiger partial charge in [-0.05, 0) is 12.1 Å². The third kappa shape index (κ3) is 1.50. The maximum Gasteiger partial charge on any atom is 0.273 e. The molecule has 1 aromatic heterocycles.